The van der Waals surface area contributed by atoms with E-state index in [0.717, 1.165) is 25.9 Å². The highest BCUT2D eigenvalue weighted by molar-refractivity contribution is 9.07. The first-order chi connectivity index (χ1) is 4.10. The molecule has 1 aliphatic rings. The van der Waals surface area contributed by atoms with Crippen LogP contribution in [-0.4, -0.2) is 27.7 Å². The van der Waals surface area contributed by atoms with Crippen LogP contribution in [-0.2, 0) is 0 Å². The molecule has 0 atom stereocenters. The minimum atomic E-state index is -0.412. The molecule has 0 unspecified atom stereocenters. The second-order valence-electron chi connectivity index (χ2n) is 2.91. The third kappa shape index (κ3) is 2.24. The summed E-state index contributed by atoms with van der Waals surface area (Å²) in [7, 11) is 0. The summed E-state index contributed by atoms with van der Waals surface area (Å²) in [5.74, 6) is 0. The summed E-state index contributed by atoms with van der Waals surface area (Å²) in [5.41, 5.74) is -0.412. The van der Waals surface area contributed by atoms with Gasteiger partial charge in [-0.2, -0.15) is 0 Å². The Kier molecular flexibility index (Phi) is 2.14. The van der Waals surface area contributed by atoms with Gasteiger partial charge in [-0.05, 0) is 19.8 Å². The number of hydrogen-bond acceptors (Lipinski definition) is 2. The summed E-state index contributed by atoms with van der Waals surface area (Å²) < 4.78 is 2.06. The molecule has 2 nitrogen and oxygen atoms in total. The first-order valence-corrected chi connectivity index (χ1v) is 3.94. The monoisotopic (exact) mass is 193 g/mol. The Bertz CT molecular complexity index is 95.2. The quantitative estimate of drug-likeness (QED) is 0.584. The maximum atomic E-state index is 9.44. The Morgan fingerprint density at radius 2 is 1.89 bits per heavy atom. The van der Waals surface area contributed by atoms with Crippen molar-refractivity contribution in [3.05, 3.63) is 0 Å². The van der Waals surface area contributed by atoms with Gasteiger partial charge in [-0.15, -0.1) is 0 Å². The molecule has 0 radical (unpaired) electrons. The van der Waals surface area contributed by atoms with Gasteiger partial charge in [0.05, 0.1) is 5.60 Å². The highest BCUT2D eigenvalue weighted by Crippen LogP contribution is 2.22. The topological polar surface area (TPSA) is 23.5 Å². The van der Waals surface area contributed by atoms with Gasteiger partial charge in [0.25, 0.3) is 0 Å². The average Bonchev–Trinajstić information content (AvgIpc) is 1.78. The molecule has 0 aliphatic carbocycles. The van der Waals surface area contributed by atoms with Crippen molar-refractivity contribution in [3.8, 4) is 0 Å². The molecule has 0 spiro atoms. The molecule has 9 heavy (non-hydrogen) atoms. The summed E-state index contributed by atoms with van der Waals surface area (Å²) in [4.78, 5) is 0. The van der Waals surface area contributed by atoms with Gasteiger partial charge in [-0.3, -0.25) is 0 Å². The lowest BCUT2D eigenvalue weighted by molar-refractivity contribution is 0.0156. The minimum Gasteiger partial charge on any atom is -0.390 e. The SMILES string of the molecule is CC1(O)CCN(Br)CC1. The van der Waals surface area contributed by atoms with Gasteiger partial charge in [0.2, 0.25) is 0 Å². The summed E-state index contributed by atoms with van der Waals surface area (Å²) in [6.07, 6.45) is 1.75. The normalized spacial score (nSPS) is 28.3. The van der Waals surface area contributed by atoms with Crippen LogP contribution in [0.5, 0.6) is 0 Å². The van der Waals surface area contributed by atoms with Crippen LogP contribution < -0.4 is 0 Å². The van der Waals surface area contributed by atoms with E-state index >= 15 is 0 Å². The van der Waals surface area contributed by atoms with Crippen LogP contribution >= 0.6 is 16.1 Å². The predicted octanol–water partition coefficient (Wildman–Crippen LogP) is 1.14. The molecule has 1 heterocycles. The molecule has 1 rings (SSSR count). The Morgan fingerprint density at radius 1 is 1.44 bits per heavy atom. The maximum Gasteiger partial charge on any atom is 0.0644 e. The van der Waals surface area contributed by atoms with Crippen LogP contribution in [0.1, 0.15) is 19.8 Å². The first-order valence-electron chi connectivity index (χ1n) is 3.23. The van der Waals surface area contributed by atoms with Crippen molar-refractivity contribution in [2.75, 3.05) is 13.1 Å². The minimum absolute atomic E-state index is 0.412. The second-order valence-corrected chi connectivity index (χ2v) is 3.91. The van der Waals surface area contributed by atoms with Crippen LogP contribution in [0.4, 0.5) is 0 Å². The molecule has 0 amide bonds. The van der Waals surface area contributed by atoms with Crippen LogP contribution in [0.25, 0.3) is 0 Å². The molecule has 3 heteroatoms. The van der Waals surface area contributed by atoms with E-state index in [0.29, 0.717) is 0 Å². The van der Waals surface area contributed by atoms with E-state index < -0.39 is 5.60 Å². The molecule has 0 saturated carbocycles. The highest BCUT2D eigenvalue weighted by Gasteiger charge is 2.25. The fraction of sp³-hybridized carbons (Fsp3) is 1.00. The zero-order valence-corrected chi connectivity index (χ0v) is 7.19. The maximum absolute atomic E-state index is 9.44. The van der Waals surface area contributed by atoms with Crippen LogP contribution in [0.15, 0.2) is 0 Å². The van der Waals surface area contributed by atoms with Gasteiger partial charge in [0.15, 0.2) is 0 Å². The van der Waals surface area contributed by atoms with Crippen molar-refractivity contribution >= 4 is 16.1 Å². The number of rotatable bonds is 0. The van der Waals surface area contributed by atoms with E-state index in [2.05, 4.69) is 20.1 Å². The van der Waals surface area contributed by atoms with Crippen molar-refractivity contribution in [1.29, 1.82) is 0 Å². The number of hydrogen-bond donors (Lipinski definition) is 1. The number of aliphatic hydroxyl groups is 1. The lowest BCUT2D eigenvalue weighted by atomic mass is 9.95. The van der Waals surface area contributed by atoms with E-state index in [-0.39, 0.29) is 0 Å². The average molecular weight is 194 g/mol. The lowest BCUT2D eigenvalue weighted by Gasteiger charge is -2.31. The van der Waals surface area contributed by atoms with Crippen LogP contribution in [0.2, 0.25) is 0 Å². The number of nitrogens with zero attached hydrogens (tertiary/aromatic N) is 1. The lowest BCUT2D eigenvalue weighted by Crippen LogP contribution is -2.37. The molecule has 1 aliphatic heterocycles. The predicted molar refractivity (Wildman–Crippen MR) is 40.4 cm³/mol. The van der Waals surface area contributed by atoms with Gasteiger partial charge < -0.3 is 5.11 Å². The van der Waals surface area contributed by atoms with Crippen molar-refractivity contribution in [1.82, 2.24) is 3.93 Å². The molecule has 1 N–H and O–H groups in total. The largest absolute Gasteiger partial charge is 0.390 e. The third-order valence-corrected chi connectivity index (χ3v) is 2.50. The van der Waals surface area contributed by atoms with Crippen molar-refractivity contribution in [3.63, 3.8) is 0 Å². The summed E-state index contributed by atoms with van der Waals surface area (Å²) in [5, 5.41) is 9.44. The van der Waals surface area contributed by atoms with Crippen LogP contribution in [0, 0.1) is 0 Å². The van der Waals surface area contributed by atoms with Gasteiger partial charge in [-0.25, -0.2) is 3.93 Å². The Hall–Kier alpha value is 0.400. The fourth-order valence-corrected chi connectivity index (χ4v) is 1.32. The smallest absolute Gasteiger partial charge is 0.0644 e. The number of piperidine rings is 1. The van der Waals surface area contributed by atoms with Crippen molar-refractivity contribution < 1.29 is 5.11 Å². The summed E-state index contributed by atoms with van der Waals surface area (Å²) in [6.45, 7) is 3.80. The first kappa shape index (κ1) is 7.51. The van der Waals surface area contributed by atoms with Gasteiger partial charge in [0, 0.05) is 29.2 Å². The molecule has 1 fully saturated rings. The Morgan fingerprint density at radius 3 is 2.22 bits per heavy atom. The van der Waals surface area contributed by atoms with Gasteiger partial charge in [0.1, 0.15) is 0 Å². The third-order valence-electron chi connectivity index (χ3n) is 1.79. The molecule has 0 bridgehead atoms. The Labute approximate surface area is 64.2 Å². The second kappa shape index (κ2) is 2.56. The van der Waals surface area contributed by atoms with Gasteiger partial charge >= 0.3 is 0 Å². The summed E-state index contributed by atoms with van der Waals surface area (Å²) in [6, 6.07) is 0. The van der Waals surface area contributed by atoms with Crippen molar-refractivity contribution in [2.24, 2.45) is 0 Å². The van der Waals surface area contributed by atoms with E-state index in [9.17, 15) is 5.11 Å². The highest BCUT2D eigenvalue weighted by atomic mass is 79.9. The molecule has 54 valence electrons. The van der Waals surface area contributed by atoms with E-state index in [4.69, 9.17) is 0 Å². The van der Waals surface area contributed by atoms with E-state index in [1.54, 1.807) is 0 Å². The standard InChI is InChI=1S/C6H12BrNO/c1-6(9)2-4-8(7)5-3-6/h9H,2-5H2,1H3. The number of halogens is 1. The molecule has 0 aromatic rings. The Balaban J connectivity index is 2.35. The molecule has 0 aromatic carbocycles. The van der Waals surface area contributed by atoms with Crippen LogP contribution in [0.3, 0.4) is 0 Å². The fourth-order valence-electron chi connectivity index (χ4n) is 0.961. The molecule has 0 aromatic heterocycles. The van der Waals surface area contributed by atoms with Gasteiger partial charge in [-0.1, -0.05) is 0 Å². The van der Waals surface area contributed by atoms with Crippen molar-refractivity contribution in [2.45, 2.75) is 25.4 Å². The molecule has 1 saturated heterocycles. The van der Waals surface area contributed by atoms with E-state index in [1.807, 2.05) is 6.92 Å². The molecular weight excluding hydrogens is 182 g/mol. The zero-order chi connectivity index (χ0) is 6.91. The summed E-state index contributed by atoms with van der Waals surface area (Å²) >= 11 is 3.36. The molecular formula is C6H12BrNO. The zero-order valence-electron chi connectivity index (χ0n) is 5.60. The van der Waals surface area contributed by atoms with E-state index in [1.165, 1.54) is 0 Å².